The molecule has 0 spiro atoms. The van der Waals surface area contributed by atoms with Crippen LogP contribution in [-0.2, 0) is 37.1 Å². The van der Waals surface area contributed by atoms with Gasteiger partial charge in [-0.2, -0.15) is 0 Å². The second-order valence-corrected chi connectivity index (χ2v) is 4.65. The minimum absolute atomic E-state index is 0. The molecular weight excluding hydrogens is 579 g/mol. The molecule has 1 rings (SSSR count). The Labute approximate surface area is 147 Å². The molecule has 0 aliphatic heterocycles. The van der Waals surface area contributed by atoms with E-state index in [1.165, 1.54) is 0 Å². The van der Waals surface area contributed by atoms with E-state index in [1.54, 1.807) is 6.20 Å². The number of hydrogen-bond acceptors (Lipinski definition) is 6. The molecule has 0 amide bonds. The van der Waals surface area contributed by atoms with Crippen molar-refractivity contribution in [3.63, 3.8) is 0 Å². The first-order chi connectivity index (χ1) is 8.90. The third kappa shape index (κ3) is 9.36. The number of nitrogens with two attached hydrogens (primary N) is 1. The van der Waals surface area contributed by atoms with Crippen LogP contribution in [0.3, 0.4) is 0 Å². The van der Waals surface area contributed by atoms with Crippen molar-refractivity contribution < 1.29 is 40.9 Å². The van der Waals surface area contributed by atoms with Crippen molar-refractivity contribution in [2.24, 2.45) is 5.73 Å². The molecule has 6 nitrogen and oxygen atoms in total. The van der Waals surface area contributed by atoms with Crippen molar-refractivity contribution in [1.82, 2.24) is 4.98 Å². The number of hydrogen-bond donors (Lipinski definition) is 1. The maximum absolute atomic E-state index is 9.91. The molecule has 1 aromatic rings. The molecule has 0 saturated carbocycles. The van der Waals surface area contributed by atoms with Crippen molar-refractivity contribution in [2.75, 3.05) is 6.54 Å². The van der Waals surface area contributed by atoms with E-state index in [4.69, 9.17) is 5.73 Å². The number of nitrogens with zero attached hydrogens (tertiary/aromatic N) is 1. The Hall–Kier alpha value is -0.562. The van der Waals surface area contributed by atoms with Gasteiger partial charge in [0.05, 0.1) is 20.9 Å². The zero-order valence-electron chi connectivity index (χ0n) is 9.95. The molecule has 0 radical (unpaired) electrons. The van der Waals surface area contributed by atoms with E-state index in [9.17, 15) is 19.8 Å². The Kier molecular flexibility index (Phi) is 13.3. The van der Waals surface area contributed by atoms with Crippen molar-refractivity contribution in [3.8, 4) is 0 Å². The summed E-state index contributed by atoms with van der Waals surface area (Å²) in [5, 5.41) is 19.8. The standard InChI is InChI=1S/C7H10N2.C4H2Br2O4.Pt/c8-5-4-7-3-1-2-6-9-7;5-1(3(7)8)2(6)4(9)10;/h1-3,6H,4-5,8H2;(H,7,8)(H,9,10);/q;;+2/p-2/b;2-1-;. The number of carboxylic acids is 2. The van der Waals surface area contributed by atoms with Crippen LogP contribution >= 0.6 is 31.9 Å². The van der Waals surface area contributed by atoms with Gasteiger partial charge in [-0.25, -0.2) is 0 Å². The molecule has 1 heterocycles. The van der Waals surface area contributed by atoms with Gasteiger partial charge in [-0.05, 0) is 50.5 Å². The topological polar surface area (TPSA) is 119 Å². The van der Waals surface area contributed by atoms with Crippen LogP contribution in [0.25, 0.3) is 0 Å². The van der Waals surface area contributed by atoms with E-state index in [0.29, 0.717) is 6.54 Å². The minimum Gasteiger partial charge on any atom is -0.544 e. The fourth-order valence-electron chi connectivity index (χ4n) is 0.873. The Bertz CT molecular complexity index is 447. The molecule has 20 heavy (non-hydrogen) atoms. The van der Waals surface area contributed by atoms with E-state index >= 15 is 0 Å². The fourth-order valence-corrected chi connectivity index (χ4v) is 1.20. The maximum atomic E-state index is 9.91. The van der Waals surface area contributed by atoms with Crippen LogP contribution in [0.4, 0.5) is 0 Å². The van der Waals surface area contributed by atoms with Crippen LogP contribution in [0.1, 0.15) is 5.69 Å². The zero-order chi connectivity index (χ0) is 14.8. The number of carbonyl (C=O) groups excluding carboxylic acids is 2. The van der Waals surface area contributed by atoms with Gasteiger partial charge in [-0.15, -0.1) is 0 Å². The smallest absolute Gasteiger partial charge is 0.544 e. The van der Waals surface area contributed by atoms with Gasteiger partial charge in [0, 0.05) is 18.3 Å². The number of aliphatic carboxylic acids is 2. The fraction of sp³-hybridized carbons (Fsp3) is 0.182. The quantitative estimate of drug-likeness (QED) is 0.454. The van der Waals surface area contributed by atoms with Crippen molar-refractivity contribution in [3.05, 3.63) is 39.1 Å². The van der Waals surface area contributed by atoms with E-state index in [-0.39, 0.29) is 21.1 Å². The summed E-state index contributed by atoms with van der Waals surface area (Å²) in [5.41, 5.74) is 6.39. The second kappa shape index (κ2) is 12.2. The van der Waals surface area contributed by atoms with E-state index in [0.717, 1.165) is 12.1 Å². The molecule has 0 saturated heterocycles. The van der Waals surface area contributed by atoms with Gasteiger partial charge in [-0.1, -0.05) is 6.07 Å². The van der Waals surface area contributed by atoms with Crippen LogP contribution in [0.2, 0.25) is 0 Å². The van der Waals surface area contributed by atoms with Crippen molar-refractivity contribution in [2.45, 2.75) is 6.42 Å². The zero-order valence-corrected chi connectivity index (χ0v) is 15.4. The molecule has 112 valence electrons. The van der Waals surface area contributed by atoms with Gasteiger partial charge in [0.2, 0.25) is 0 Å². The average Bonchev–Trinajstić information content (AvgIpc) is 2.39. The first-order valence-electron chi connectivity index (χ1n) is 4.98. The minimum atomic E-state index is -1.61. The summed E-state index contributed by atoms with van der Waals surface area (Å²) in [4.78, 5) is 23.9. The van der Waals surface area contributed by atoms with Crippen LogP contribution < -0.4 is 15.9 Å². The molecule has 9 heteroatoms. The summed E-state index contributed by atoms with van der Waals surface area (Å²) in [6.45, 7) is 0.678. The number of carbonyl (C=O) groups is 2. The summed E-state index contributed by atoms with van der Waals surface area (Å²) >= 11 is 4.92. The van der Waals surface area contributed by atoms with Crippen molar-refractivity contribution in [1.29, 1.82) is 0 Å². The molecular formula is C11H10Br2N2O4Pt. The first-order valence-corrected chi connectivity index (χ1v) is 6.56. The third-order valence-corrected chi connectivity index (χ3v) is 3.65. The first kappa shape index (κ1) is 21.7. The number of halogens is 2. The predicted molar refractivity (Wildman–Crippen MR) is 71.9 cm³/mol. The SMILES string of the molecule is NCCc1ccccn1.O=C([O-])/C(Br)=C(/Br)C(=O)[O-].[Pt+2]. The molecule has 0 atom stereocenters. The van der Waals surface area contributed by atoms with Crippen LogP contribution in [0.15, 0.2) is 33.4 Å². The maximum Gasteiger partial charge on any atom is 2.00 e. The molecule has 0 aromatic carbocycles. The Morgan fingerprint density at radius 3 is 1.95 bits per heavy atom. The van der Waals surface area contributed by atoms with Gasteiger partial charge >= 0.3 is 21.1 Å². The van der Waals surface area contributed by atoms with Gasteiger partial charge in [-0.3, -0.25) is 4.98 Å². The molecule has 0 aliphatic rings. The average molecular weight is 589 g/mol. The molecule has 0 aliphatic carbocycles. The number of rotatable bonds is 4. The van der Waals surface area contributed by atoms with Crippen LogP contribution in [-0.4, -0.2) is 23.5 Å². The van der Waals surface area contributed by atoms with Crippen LogP contribution in [0, 0.1) is 0 Å². The number of pyridine rings is 1. The van der Waals surface area contributed by atoms with E-state index in [1.807, 2.05) is 18.2 Å². The van der Waals surface area contributed by atoms with Crippen LogP contribution in [0.5, 0.6) is 0 Å². The monoisotopic (exact) mass is 587 g/mol. The second-order valence-electron chi connectivity index (χ2n) is 3.06. The van der Waals surface area contributed by atoms with E-state index in [2.05, 4.69) is 36.8 Å². The van der Waals surface area contributed by atoms with Crippen molar-refractivity contribution >= 4 is 43.8 Å². The molecule has 0 unspecified atom stereocenters. The van der Waals surface area contributed by atoms with Gasteiger partial charge in [0.25, 0.3) is 0 Å². The predicted octanol–water partition coefficient (Wildman–Crippen LogP) is -0.932. The number of aromatic nitrogens is 1. The molecule has 0 bridgehead atoms. The molecule has 0 fully saturated rings. The summed E-state index contributed by atoms with van der Waals surface area (Å²) in [5.74, 6) is -3.23. The molecule has 1 aromatic heterocycles. The van der Waals surface area contributed by atoms with Gasteiger partial charge < -0.3 is 25.5 Å². The van der Waals surface area contributed by atoms with Gasteiger partial charge in [0.15, 0.2) is 0 Å². The molecule has 2 N–H and O–H groups in total. The Morgan fingerprint density at radius 2 is 1.65 bits per heavy atom. The third-order valence-electron chi connectivity index (χ3n) is 1.68. The largest absolute Gasteiger partial charge is 2.00 e. The van der Waals surface area contributed by atoms with Gasteiger partial charge in [0.1, 0.15) is 0 Å². The summed E-state index contributed by atoms with van der Waals surface area (Å²) in [6, 6.07) is 5.85. The van der Waals surface area contributed by atoms with E-state index < -0.39 is 20.9 Å². The summed E-state index contributed by atoms with van der Waals surface area (Å²) in [6.07, 6.45) is 2.66. The normalized spacial score (nSPS) is 10.3. The Morgan fingerprint density at radius 1 is 1.15 bits per heavy atom. The summed E-state index contributed by atoms with van der Waals surface area (Å²) in [7, 11) is 0. The summed E-state index contributed by atoms with van der Waals surface area (Å²) < 4.78 is -1.15. The number of carboxylic acid groups (broad SMARTS) is 2. The Balaban J connectivity index is 0.